The molecule has 7 nitrogen and oxygen atoms in total. The lowest BCUT2D eigenvalue weighted by Crippen LogP contribution is -2.34. The van der Waals surface area contributed by atoms with Gasteiger partial charge >= 0.3 is 5.97 Å². The van der Waals surface area contributed by atoms with Crippen molar-refractivity contribution in [2.75, 3.05) is 16.3 Å². The van der Waals surface area contributed by atoms with Crippen molar-refractivity contribution in [2.24, 2.45) is 0 Å². The number of fused-ring (bicyclic) bond motifs is 1. The van der Waals surface area contributed by atoms with Gasteiger partial charge in [0.1, 0.15) is 5.75 Å². The molecule has 0 saturated heterocycles. The predicted molar refractivity (Wildman–Crippen MR) is 147 cm³/mol. The summed E-state index contributed by atoms with van der Waals surface area (Å²) >= 11 is 3.84. The molecule has 9 heteroatoms. The van der Waals surface area contributed by atoms with E-state index in [1.807, 2.05) is 60.4 Å². The third-order valence-corrected chi connectivity index (χ3v) is 7.24. The average Bonchev–Trinajstić information content (AvgIpc) is 2.88. The van der Waals surface area contributed by atoms with Gasteiger partial charge in [0.15, 0.2) is 0 Å². The normalized spacial score (nSPS) is 12.6. The monoisotopic (exact) mass is 537 g/mol. The highest BCUT2D eigenvalue weighted by Gasteiger charge is 2.23. The molecule has 0 aliphatic rings. The smallest absolute Gasteiger partial charge is 0.305 e. The Kier molecular flexibility index (Phi) is 8.33. The van der Waals surface area contributed by atoms with E-state index in [0.717, 1.165) is 16.6 Å². The second-order valence-corrected chi connectivity index (χ2v) is 9.73. The van der Waals surface area contributed by atoms with Crippen LogP contribution >= 0.6 is 11.6 Å². The van der Waals surface area contributed by atoms with Crippen LogP contribution in [0.3, 0.4) is 0 Å². The van der Waals surface area contributed by atoms with Crippen LogP contribution in [0.25, 0.3) is 10.8 Å². The SMILES string of the molecule is COc1ccc(N(c2ccc(N(Cc3ccccc3Cl)[C@@H](C)CC(=O)O)c3ccccc23)S(=O)[O-])cc1. The van der Waals surface area contributed by atoms with Gasteiger partial charge in [0.2, 0.25) is 0 Å². The summed E-state index contributed by atoms with van der Waals surface area (Å²) in [7, 11) is 1.55. The second-order valence-electron chi connectivity index (χ2n) is 8.53. The van der Waals surface area contributed by atoms with E-state index in [4.69, 9.17) is 16.3 Å². The van der Waals surface area contributed by atoms with Gasteiger partial charge in [0.05, 0.1) is 36.2 Å². The molecule has 0 spiro atoms. The summed E-state index contributed by atoms with van der Waals surface area (Å²) in [6.07, 6.45) is -0.0803. The van der Waals surface area contributed by atoms with Gasteiger partial charge in [0, 0.05) is 34.1 Å². The molecule has 0 aromatic heterocycles. The van der Waals surface area contributed by atoms with Crippen molar-refractivity contribution in [1.82, 2.24) is 0 Å². The quantitative estimate of drug-likeness (QED) is 0.238. The second kappa shape index (κ2) is 11.6. The Balaban J connectivity index is 1.86. The van der Waals surface area contributed by atoms with Crippen LogP contribution in [-0.4, -0.2) is 33.0 Å². The first-order valence-corrected chi connectivity index (χ1v) is 13.0. The van der Waals surface area contributed by atoms with Crippen molar-refractivity contribution in [3.8, 4) is 5.75 Å². The van der Waals surface area contributed by atoms with Crippen molar-refractivity contribution in [1.29, 1.82) is 0 Å². The fourth-order valence-corrected chi connectivity index (χ4v) is 5.18. The number of nitrogens with zero attached hydrogens (tertiary/aromatic N) is 2. The van der Waals surface area contributed by atoms with Crippen LogP contribution in [0.5, 0.6) is 5.75 Å². The third-order valence-electron chi connectivity index (χ3n) is 6.16. The van der Waals surface area contributed by atoms with E-state index in [2.05, 4.69) is 0 Å². The summed E-state index contributed by atoms with van der Waals surface area (Å²) < 4.78 is 31.3. The van der Waals surface area contributed by atoms with Crippen LogP contribution in [0.2, 0.25) is 5.02 Å². The van der Waals surface area contributed by atoms with Gasteiger partial charge in [-0.15, -0.1) is 0 Å². The number of halogens is 1. The molecule has 0 fully saturated rings. The van der Waals surface area contributed by atoms with E-state index in [1.54, 1.807) is 43.5 Å². The molecule has 4 aromatic carbocycles. The zero-order valence-electron chi connectivity index (χ0n) is 20.3. The molecule has 0 aliphatic carbocycles. The van der Waals surface area contributed by atoms with Crippen molar-refractivity contribution < 1.29 is 23.4 Å². The minimum Gasteiger partial charge on any atom is -0.755 e. The summed E-state index contributed by atoms with van der Waals surface area (Å²) in [5.74, 6) is -0.298. The maximum atomic E-state index is 12.4. The number of carboxylic acid groups (broad SMARTS) is 1. The Morgan fingerprint density at radius 3 is 2.16 bits per heavy atom. The Morgan fingerprint density at radius 2 is 1.57 bits per heavy atom. The number of anilines is 3. The lowest BCUT2D eigenvalue weighted by atomic mass is 10.0. The van der Waals surface area contributed by atoms with Crippen molar-refractivity contribution in [3.63, 3.8) is 0 Å². The highest BCUT2D eigenvalue weighted by atomic mass is 35.5. The summed E-state index contributed by atoms with van der Waals surface area (Å²) in [6, 6.07) is 24.9. The fourth-order valence-electron chi connectivity index (χ4n) is 4.37. The third kappa shape index (κ3) is 5.88. The standard InChI is InChI=1S/C28H27ClN2O5S/c1-19(17-28(32)33)30(18-20-7-3-6-10-25(20)29)26-15-16-27(24-9-5-4-8-23(24)26)31(37(34)35)21-11-13-22(36-2)14-12-21/h3-16,19H,17-18H2,1-2H3,(H,32,33)(H,34,35)/p-1/t19-/m0/s1. The van der Waals surface area contributed by atoms with Crippen molar-refractivity contribution in [2.45, 2.75) is 25.9 Å². The largest absolute Gasteiger partial charge is 0.755 e. The molecular formula is C28H26ClN2O5S-. The molecule has 192 valence electrons. The predicted octanol–water partition coefficient (Wildman–Crippen LogP) is 6.30. The van der Waals surface area contributed by atoms with E-state index in [9.17, 15) is 18.7 Å². The summed E-state index contributed by atoms with van der Waals surface area (Å²) in [5.41, 5.74) is 2.56. The topological polar surface area (TPSA) is 93.1 Å². The van der Waals surface area contributed by atoms with E-state index >= 15 is 0 Å². The molecular weight excluding hydrogens is 512 g/mol. The van der Waals surface area contributed by atoms with Crippen LogP contribution in [-0.2, 0) is 22.6 Å². The summed E-state index contributed by atoms with van der Waals surface area (Å²) in [5, 5.41) is 11.6. The highest BCUT2D eigenvalue weighted by molar-refractivity contribution is 7.81. The molecule has 4 rings (SSSR count). The van der Waals surface area contributed by atoms with Gasteiger partial charge in [-0.05, 0) is 55.0 Å². The number of benzene rings is 4. The zero-order chi connectivity index (χ0) is 26.5. The molecule has 0 aliphatic heterocycles. The molecule has 1 N–H and O–H groups in total. The van der Waals surface area contributed by atoms with Gasteiger partial charge in [-0.1, -0.05) is 54.1 Å². The van der Waals surface area contributed by atoms with E-state index in [-0.39, 0.29) is 12.5 Å². The maximum absolute atomic E-state index is 12.4. The van der Waals surface area contributed by atoms with Crippen molar-refractivity contribution in [3.05, 3.63) is 95.5 Å². The Hall–Kier alpha value is -3.59. The van der Waals surface area contributed by atoms with Crippen LogP contribution in [0.1, 0.15) is 18.9 Å². The first-order valence-electron chi connectivity index (χ1n) is 11.6. The lowest BCUT2D eigenvalue weighted by molar-refractivity contribution is -0.137. The molecule has 0 amide bonds. The number of hydrogen-bond donors (Lipinski definition) is 1. The zero-order valence-corrected chi connectivity index (χ0v) is 21.9. The number of methoxy groups -OCH3 is 1. The fraction of sp³-hybridized carbons (Fsp3) is 0.179. The van der Waals surface area contributed by atoms with Gasteiger partial charge in [-0.2, -0.15) is 0 Å². The maximum Gasteiger partial charge on any atom is 0.305 e. The number of carbonyl (C=O) groups is 1. The van der Waals surface area contributed by atoms with Crippen LogP contribution < -0.4 is 13.9 Å². The minimum atomic E-state index is -2.60. The minimum absolute atomic E-state index is 0.0803. The molecule has 2 atom stereocenters. The number of hydrogen-bond acceptors (Lipinski definition) is 5. The average molecular weight is 538 g/mol. The van der Waals surface area contributed by atoms with E-state index in [1.165, 1.54) is 4.31 Å². The molecule has 0 saturated carbocycles. The van der Waals surface area contributed by atoms with Gasteiger partial charge in [-0.25, -0.2) is 0 Å². The highest BCUT2D eigenvalue weighted by Crippen LogP contribution is 2.39. The number of aliphatic carboxylic acids is 1. The van der Waals surface area contributed by atoms with Gasteiger partial charge in [-0.3, -0.25) is 13.3 Å². The van der Waals surface area contributed by atoms with Crippen LogP contribution in [0, 0.1) is 0 Å². The molecule has 0 radical (unpaired) electrons. The first-order chi connectivity index (χ1) is 17.8. The Morgan fingerprint density at radius 1 is 0.973 bits per heavy atom. The molecule has 37 heavy (non-hydrogen) atoms. The van der Waals surface area contributed by atoms with Gasteiger partial charge in [0.25, 0.3) is 0 Å². The molecule has 0 bridgehead atoms. The summed E-state index contributed by atoms with van der Waals surface area (Å²) in [4.78, 5) is 13.6. The molecule has 1 unspecified atom stereocenters. The number of rotatable bonds is 10. The summed E-state index contributed by atoms with van der Waals surface area (Å²) in [6.45, 7) is 2.23. The van der Waals surface area contributed by atoms with Gasteiger partial charge < -0.3 is 19.3 Å². The van der Waals surface area contributed by atoms with E-state index in [0.29, 0.717) is 34.1 Å². The Bertz CT molecular complexity index is 1430. The Labute approximate surface area is 223 Å². The van der Waals surface area contributed by atoms with Crippen LogP contribution in [0.15, 0.2) is 84.9 Å². The first kappa shape index (κ1) is 26.5. The number of carboxylic acids is 1. The lowest BCUT2D eigenvalue weighted by Gasteiger charge is -2.34. The van der Waals surface area contributed by atoms with Crippen LogP contribution in [0.4, 0.5) is 17.1 Å². The van der Waals surface area contributed by atoms with E-state index < -0.39 is 17.2 Å². The van der Waals surface area contributed by atoms with Crippen molar-refractivity contribution >= 4 is 56.7 Å². The molecule has 4 aromatic rings. The number of ether oxygens (including phenoxy) is 1. The molecule has 0 heterocycles.